The van der Waals surface area contributed by atoms with Gasteiger partial charge in [-0.15, -0.1) is 0 Å². The average Bonchev–Trinajstić information content (AvgIpc) is 2.84. The van der Waals surface area contributed by atoms with Gasteiger partial charge in [0.25, 0.3) is 8.32 Å². The molecule has 0 aliphatic carbocycles. The topological polar surface area (TPSA) is 47.9 Å². The second-order valence-corrected chi connectivity index (χ2v) is 14.9. The SMILES string of the molecule is CSc1ncc2cc([C@@H](C)CO[Si](c3ccccc3)(c3ccccc3)C(C)(C)C)nc(Cl)c2n1. The molecule has 0 spiro atoms. The molecule has 0 aliphatic rings. The number of rotatable bonds is 7. The average molecular weight is 508 g/mol. The highest BCUT2D eigenvalue weighted by Gasteiger charge is 2.50. The van der Waals surface area contributed by atoms with Gasteiger partial charge >= 0.3 is 0 Å². The van der Waals surface area contributed by atoms with Crippen LogP contribution in [0.25, 0.3) is 10.9 Å². The number of aromatic nitrogens is 3. The Balaban J connectivity index is 1.72. The smallest absolute Gasteiger partial charge is 0.261 e. The Morgan fingerprint density at radius 3 is 2.09 bits per heavy atom. The van der Waals surface area contributed by atoms with Crippen LogP contribution in [0.3, 0.4) is 0 Å². The molecule has 0 saturated carbocycles. The van der Waals surface area contributed by atoms with E-state index in [0.717, 1.165) is 11.1 Å². The van der Waals surface area contributed by atoms with Crippen molar-refractivity contribution in [1.82, 2.24) is 15.0 Å². The van der Waals surface area contributed by atoms with Gasteiger partial charge in [-0.25, -0.2) is 15.0 Å². The first-order chi connectivity index (χ1) is 16.3. The molecule has 2 aromatic carbocycles. The van der Waals surface area contributed by atoms with Crippen LogP contribution in [0.1, 0.15) is 39.3 Å². The van der Waals surface area contributed by atoms with E-state index in [0.29, 0.717) is 22.4 Å². The molecule has 4 nitrogen and oxygen atoms in total. The van der Waals surface area contributed by atoms with E-state index in [2.05, 4.69) is 103 Å². The Morgan fingerprint density at radius 2 is 1.56 bits per heavy atom. The Bertz CT molecular complexity index is 1230. The standard InChI is InChI=1S/C27H30ClN3OSSi/c1-19(23-16-20-17-29-26(33-5)31-24(20)25(28)30-23)18-32-34(27(2,3)4,21-12-8-6-9-13-21)22-14-10-7-11-15-22/h6-17,19H,18H2,1-5H3/t19-/m0/s1. The summed E-state index contributed by atoms with van der Waals surface area (Å²) in [5.41, 5.74) is 1.57. The lowest BCUT2D eigenvalue weighted by Crippen LogP contribution is -2.66. The molecule has 0 aliphatic heterocycles. The first-order valence-corrected chi connectivity index (χ1v) is 14.9. The van der Waals surface area contributed by atoms with E-state index in [9.17, 15) is 0 Å². The number of halogens is 1. The van der Waals surface area contributed by atoms with Crippen LogP contribution in [0.15, 0.2) is 78.1 Å². The van der Waals surface area contributed by atoms with E-state index in [1.54, 1.807) is 0 Å². The van der Waals surface area contributed by atoms with Gasteiger partial charge in [0, 0.05) is 29.8 Å². The van der Waals surface area contributed by atoms with Crippen molar-refractivity contribution in [2.75, 3.05) is 12.9 Å². The minimum absolute atomic E-state index is 0.0452. The summed E-state index contributed by atoms with van der Waals surface area (Å²) in [4.78, 5) is 13.6. The molecule has 0 unspecified atom stereocenters. The van der Waals surface area contributed by atoms with Crippen molar-refractivity contribution >= 4 is 53.0 Å². The van der Waals surface area contributed by atoms with Gasteiger partial charge < -0.3 is 4.43 Å². The molecule has 7 heteroatoms. The van der Waals surface area contributed by atoms with Crippen molar-refractivity contribution < 1.29 is 4.43 Å². The molecule has 0 amide bonds. The zero-order valence-electron chi connectivity index (χ0n) is 20.2. The van der Waals surface area contributed by atoms with Crippen LogP contribution in [0.2, 0.25) is 10.2 Å². The first-order valence-electron chi connectivity index (χ1n) is 11.4. The molecule has 4 rings (SSSR count). The maximum absolute atomic E-state index is 7.09. The minimum Gasteiger partial charge on any atom is -0.407 e. The molecule has 0 N–H and O–H groups in total. The Kier molecular flexibility index (Phi) is 7.43. The van der Waals surface area contributed by atoms with Crippen LogP contribution in [-0.2, 0) is 4.43 Å². The van der Waals surface area contributed by atoms with Crippen LogP contribution < -0.4 is 10.4 Å². The number of nitrogens with zero attached hydrogens (tertiary/aromatic N) is 3. The second-order valence-electron chi connectivity index (χ2n) is 9.51. The van der Waals surface area contributed by atoms with Crippen LogP contribution in [-0.4, -0.2) is 36.1 Å². The van der Waals surface area contributed by atoms with E-state index < -0.39 is 8.32 Å². The van der Waals surface area contributed by atoms with Crippen molar-refractivity contribution in [3.63, 3.8) is 0 Å². The number of pyridine rings is 1. The van der Waals surface area contributed by atoms with Gasteiger partial charge in [0.05, 0.1) is 0 Å². The Labute approximate surface area is 212 Å². The normalized spacial score (nSPS) is 13.2. The molecule has 4 aromatic rings. The highest BCUT2D eigenvalue weighted by Crippen LogP contribution is 2.37. The van der Waals surface area contributed by atoms with Gasteiger partial charge in [0.2, 0.25) is 0 Å². The maximum atomic E-state index is 7.09. The number of benzene rings is 2. The summed E-state index contributed by atoms with van der Waals surface area (Å²) in [5.74, 6) is 0.0452. The Morgan fingerprint density at radius 1 is 0.971 bits per heavy atom. The van der Waals surface area contributed by atoms with Crippen LogP contribution in [0.5, 0.6) is 0 Å². The highest BCUT2D eigenvalue weighted by molar-refractivity contribution is 7.98. The molecule has 34 heavy (non-hydrogen) atoms. The highest BCUT2D eigenvalue weighted by atomic mass is 35.5. The number of hydrogen-bond acceptors (Lipinski definition) is 5. The second kappa shape index (κ2) is 10.2. The minimum atomic E-state index is -2.61. The quantitative estimate of drug-likeness (QED) is 0.131. The Hall–Kier alpha value is -2.25. The third kappa shape index (κ3) is 4.78. The fourth-order valence-corrected chi connectivity index (χ4v) is 9.70. The molecule has 2 aromatic heterocycles. The molecular weight excluding hydrogens is 478 g/mol. The lowest BCUT2D eigenvalue weighted by molar-refractivity contribution is 0.276. The van der Waals surface area contributed by atoms with E-state index >= 15 is 0 Å². The molecule has 2 heterocycles. The van der Waals surface area contributed by atoms with Gasteiger partial charge in [-0.1, -0.05) is 112 Å². The first kappa shape index (κ1) is 24.9. The molecule has 0 saturated heterocycles. The molecule has 176 valence electrons. The molecule has 0 fully saturated rings. The monoisotopic (exact) mass is 507 g/mol. The third-order valence-corrected chi connectivity index (χ3v) is 12.0. The van der Waals surface area contributed by atoms with Crippen molar-refractivity contribution in [3.8, 4) is 0 Å². The van der Waals surface area contributed by atoms with Gasteiger partial charge in [0.15, 0.2) is 10.3 Å². The zero-order chi connectivity index (χ0) is 24.3. The summed E-state index contributed by atoms with van der Waals surface area (Å²) in [6.07, 6.45) is 3.77. The van der Waals surface area contributed by atoms with Crippen LogP contribution in [0.4, 0.5) is 0 Å². The van der Waals surface area contributed by atoms with Crippen molar-refractivity contribution in [1.29, 1.82) is 0 Å². The molecule has 0 bridgehead atoms. The van der Waals surface area contributed by atoms with Gasteiger partial charge in [-0.2, -0.15) is 0 Å². The fourth-order valence-electron chi connectivity index (χ4n) is 4.45. The summed E-state index contributed by atoms with van der Waals surface area (Å²) < 4.78 is 7.09. The van der Waals surface area contributed by atoms with Crippen LogP contribution >= 0.6 is 23.4 Å². The van der Waals surface area contributed by atoms with Gasteiger partial charge in [-0.3, -0.25) is 0 Å². The van der Waals surface area contributed by atoms with Crippen molar-refractivity contribution in [3.05, 3.63) is 83.8 Å². The largest absolute Gasteiger partial charge is 0.407 e. The van der Waals surface area contributed by atoms with E-state index in [1.165, 1.54) is 22.1 Å². The number of thioether (sulfide) groups is 1. The maximum Gasteiger partial charge on any atom is 0.261 e. The molecule has 0 radical (unpaired) electrons. The predicted octanol–water partition coefficient (Wildman–Crippen LogP) is 6.08. The van der Waals surface area contributed by atoms with E-state index in [4.69, 9.17) is 16.0 Å². The van der Waals surface area contributed by atoms with Crippen molar-refractivity contribution in [2.24, 2.45) is 0 Å². The lowest BCUT2D eigenvalue weighted by atomic mass is 10.1. The summed E-state index contributed by atoms with van der Waals surface area (Å²) in [6.45, 7) is 9.53. The van der Waals surface area contributed by atoms with Crippen LogP contribution in [0, 0.1) is 0 Å². The molecule has 1 atom stereocenters. The van der Waals surface area contributed by atoms with Gasteiger partial charge in [-0.05, 0) is 27.7 Å². The third-order valence-electron chi connectivity index (χ3n) is 6.18. The molecular formula is C27H30ClN3OSSi. The number of hydrogen-bond donors (Lipinski definition) is 0. The van der Waals surface area contributed by atoms with Gasteiger partial charge in [0.1, 0.15) is 5.52 Å². The lowest BCUT2D eigenvalue weighted by Gasteiger charge is -2.43. The van der Waals surface area contributed by atoms with E-state index in [-0.39, 0.29) is 11.0 Å². The fraction of sp³-hybridized carbons (Fsp3) is 0.296. The summed E-state index contributed by atoms with van der Waals surface area (Å²) in [5, 5.41) is 4.44. The number of fused-ring (bicyclic) bond motifs is 1. The predicted molar refractivity (Wildman–Crippen MR) is 146 cm³/mol. The zero-order valence-corrected chi connectivity index (χ0v) is 22.8. The summed E-state index contributed by atoms with van der Waals surface area (Å²) >= 11 is 8.03. The van der Waals surface area contributed by atoms with Crippen molar-refractivity contribution in [2.45, 2.75) is 43.8 Å². The van der Waals surface area contributed by atoms with E-state index in [1.807, 2.05) is 18.5 Å². The summed E-state index contributed by atoms with van der Waals surface area (Å²) in [6, 6.07) is 23.4. The summed E-state index contributed by atoms with van der Waals surface area (Å²) in [7, 11) is -2.61.